The largest absolute Gasteiger partial charge is 0.342 e. The van der Waals surface area contributed by atoms with Gasteiger partial charge in [0.2, 0.25) is 11.8 Å². The average Bonchev–Trinajstić information content (AvgIpc) is 2.61. The van der Waals surface area contributed by atoms with E-state index in [9.17, 15) is 9.59 Å². The summed E-state index contributed by atoms with van der Waals surface area (Å²) < 4.78 is 0. The number of piperidine rings is 1. The summed E-state index contributed by atoms with van der Waals surface area (Å²) in [6.45, 7) is 3.14. The van der Waals surface area contributed by atoms with E-state index in [1.165, 1.54) is 0 Å². The summed E-state index contributed by atoms with van der Waals surface area (Å²) in [4.78, 5) is 31.6. The fourth-order valence-electron chi connectivity index (χ4n) is 3.94. The molecule has 0 spiro atoms. The highest BCUT2D eigenvalue weighted by molar-refractivity contribution is 5.92. The van der Waals surface area contributed by atoms with Crippen LogP contribution in [-0.2, 0) is 9.59 Å². The fourth-order valence-corrected chi connectivity index (χ4v) is 3.94. The maximum atomic E-state index is 12.8. The molecule has 1 aliphatic carbocycles. The van der Waals surface area contributed by atoms with Crippen LogP contribution >= 0.6 is 0 Å². The lowest BCUT2D eigenvalue weighted by Gasteiger charge is -2.36. The Labute approximate surface area is 149 Å². The van der Waals surface area contributed by atoms with E-state index >= 15 is 0 Å². The number of amides is 2. The van der Waals surface area contributed by atoms with Gasteiger partial charge in [0.1, 0.15) is 5.82 Å². The number of nitrogens with two attached hydrogens (primary N) is 1. The molecule has 2 amide bonds. The lowest BCUT2D eigenvalue weighted by atomic mass is 9.84. The van der Waals surface area contributed by atoms with Crippen LogP contribution in [-0.4, -0.2) is 40.8 Å². The lowest BCUT2D eigenvalue weighted by molar-refractivity contribution is -0.139. The Bertz CT molecular complexity index is 634. The van der Waals surface area contributed by atoms with Crippen molar-refractivity contribution in [2.24, 2.45) is 17.6 Å². The molecule has 0 bridgehead atoms. The van der Waals surface area contributed by atoms with Crippen LogP contribution < -0.4 is 11.1 Å². The Morgan fingerprint density at radius 1 is 1.20 bits per heavy atom. The van der Waals surface area contributed by atoms with Crippen molar-refractivity contribution in [1.82, 2.24) is 9.88 Å². The Morgan fingerprint density at radius 2 is 2.00 bits per heavy atom. The summed E-state index contributed by atoms with van der Waals surface area (Å²) >= 11 is 0. The Balaban J connectivity index is 1.58. The van der Waals surface area contributed by atoms with Crippen LogP contribution in [0.25, 0.3) is 0 Å². The molecule has 1 saturated heterocycles. The monoisotopic (exact) mass is 344 g/mol. The van der Waals surface area contributed by atoms with Crippen LogP contribution in [0.1, 0.15) is 44.2 Å². The van der Waals surface area contributed by atoms with Crippen LogP contribution in [0, 0.1) is 18.8 Å². The third kappa shape index (κ3) is 4.57. The molecular weight excluding hydrogens is 316 g/mol. The van der Waals surface area contributed by atoms with Gasteiger partial charge in [0, 0.05) is 30.7 Å². The summed E-state index contributed by atoms with van der Waals surface area (Å²) in [6.07, 6.45) is 5.41. The number of aromatic nitrogens is 1. The first-order valence-electron chi connectivity index (χ1n) is 9.32. The predicted molar refractivity (Wildman–Crippen MR) is 96.8 cm³/mol. The molecule has 2 aliphatic rings. The number of aryl methyl sites for hydroxylation is 1. The van der Waals surface area contributed by atoms with Crippen LogP contribution in [0.2, 0.25) is 0 Å². The molecule has 3 unspecified atom stereocenters. The third-order valence-electron chi connectivity index (χ3n) is 5.31. The van der Waals surface area contributed by atoms with E-state index in [0.717, 1.165) is 50.8 Å². The number of pyridine rings is 1. The number of nitrogens with one attached hydrogen (secondary N) is 1. The molecule has 6 nitrogen and oxygen atoms in total. The van der Waals surface area contributed by atoms with E-state index in [-0.39, 0.29) is 29.7 Å². The minimum atomic E-state index is -0.169. The zero-order chi connectivity index (χ0) is 17.8. The summed E-state index contributed by atoms with van der Waals surface area (Å²) in [5, 5.41) is 2.89. The molecule has 3 N–H and O–H groups in total. The number of nitrogens with zero attached hydrogens (tertiary/aromatic N) is 2. The van der Waals surface area contributed by atoms with E-state index in [2.05, 4.69) is 10.3 Å². The molecule has 3 atom stereocenters. The highest BCUT2D eigenvalue weighted by Crippen LogP contribution is 2.27. The van der Waals surface area contributed by atoms with Gasteiger partial charge in [-0.3, -0.25) is 9.59 Å². The first kappa shape index (κ1) is 17.9. The first-order valence-corrected chi connectivity index (χ1v) is 9.32. The van der Waals surface area contributed by atoms with Crippen LogP contribution in [0.15, 0.2) is 18.2 Å². The van der Waals surface area contributed by atoms with Crippen molar-refractivity contribution >= 4 is 17.6 Å². The summed E-state index contributed by atoms with van der Waals surface area (Å²) in [5.41, 5.74) is 6.89. The van der Waals surface area contributed by atoms with Crippen molar-refractivity contribution in [3.8, 4) is 0 Å². The van der Waals surface area contributed by atoms with Gasteiger partial charge >= 0.3 is 0 Å². The SMILES string of the molecule is Cc1cccc(NC(=O)C2CCCN(C(=O)C3CCCC(N)C3)C2)n1. The molecule has 1 aromatic heterocycles. The van der Waals surface area contributed by atoms with Crippen molar-refractivity contribution in [3.05, 3.63) is 23.9 Å². The number of anilines is 1. The highest BCUT2D eigenvalue weighted by atomic mass is 16.2. The zero-order valence-electron chi connectivity index (χ0n) is 14.9. The predicted octanol–water partition coefficient (Wildman–Crippen LogP) is 2.08. The molecule has 2 heterocycles. The molecule has 1 aromatic rings. The van der Waals surface area contributed by atoms with Crippen LogP contribution in [0.3, 0.4) is 0 Å². The van der Waals surface area contributed by atoms with Gasteiger partial charge in [-0.2, -0.15) is 0 Å². The lowest BCUT2D eigenvalue weighted by Crippen LogP contribution is -2.47. The van der Waals surface area contributed by atoms with Crippen molar-refractivity contribution in [1.29, 1.82) is 0 Å². The standard InChI is InChI=1S/C19H28N4O2/c1-13-5-2-9-17(21-13)22-18(24)15-7-4-10-23(12-15)19(25)14-6-3-8-16(20)11-14/h2,5,9,14-16H,3-4,6-8,10-12,20H2,1H3,(H,21,22,24). The third-order valence-corrected chi connectivity index (χ3v) is 5.31. The van der Waals surface area contributed by atoms with E-state index in [4.69, 9.17) is 5.73 Å². The Morgan fingerprint density at radius 3 is 2.76 bits per heavy atom. The van der Waals surface area contributed by atoms with Crippen molar-refractivity contribution in [3.63, 3.8) is 0 Å². The van der Waals surface area contributed by atoms with Crippen molar-refractivity contribution in [2.75, 3.05) is 18.4 Å². The molecule has 3 rings (SSSR count). The van der Waals surface area contributed by atoms with E-state index in [1.807, 2.05) is 24.0 Å². The summed E-state index contributed by atoms with van der Waals surface area (Å²) in [6, 6.07) is 5.70. The van der Waals surface area contributed by atoms with Crippen LogP contribution in [0.5, 0.6) is 0 Å². The number of hydrogen-bond acceptors (Lipinski definition) is 4. The van der Waals surface area contributed by atoms with Gasteiger partial charge < -0.3 is 16.0 Å². The zero-order valence-corrected chi connectivity index (χ0v) is 14.9. The number of rotatable bonds is 3. The molecule has 0 radical (unpaired) electrons. The summed E-state index contributed by atoms with van der Waals surface area (Å²) in [5.74, 6) is 0.574. The number of likely N-dealkylation sites (tertiary alicyclic amines) is 1. The molecule has 2 fully saturated rings. The van der Waals surface area contributed by atoms with Gasteiger partial charge in [-0.1, -0.05) is 12.5 Å². The van der Waals surface area contributed by atoms with Gasteiger partial charge in [0.15, 0.2) is 0 Å². The van der Waals surface area contributed by atoms with Crippen molar-refractivity contribution < 1.29 is 9.59 Å². The average molecular weight is 344 g/mol. The number of carbonyl (C=O) groups is 2. The molecule has 1 saturated carbocycles. The first-order chi connectivity index (χ1) is 12.0. The van der Waals surface area contributed by atoms with Crippen molar-refractivity contribution in [2.45, 2.75) is 51.5 Å². The van der Waals surface area contributed by atoms with Gasteiger partial charge in [0.25, 0.3) is 0 Å². The minimum absolute atomic E-state index is 0.0315. The molecule has 1 aliphatic heterocycles. The Kier molecular flexibility index (Phi) is 5.68. The van der Waals surface area contributed by atoms with E-state index < -0.39 is 0 Å². The second kappa shape index (κ2) is 7.95. The topological polar surface area (TPSA) is 88.3 Å². The van der Waals surface area contributed by atoms with E-state index in [0.29, 0.717) is 12.4 Å². The number of hydrogen-bond donors (Lipinski definition) is 2. The van der Waals surface area contributed by atoms with Crippen LogP contribution in [0.4, 0.5) is 5.82 Å². The second-order valence-electron chi connectivity index (χ2n) is 7.40. The quantitative estimate of drug-likeness (QED) is 0.879. The molecule has 0 aromatic carbocycles. The van der Waals surface area contributed by atoms with E-state index in [1.54, 1.807) is 6.07 Å². The maximum absolute atomic E-state index is 12.8. The van der Waals surface area contributed by atoms with Gasteiger partial charge in [0.05, 0.1) is 5.92 Å². The fraction of sp³-hybridized carbons (Fsp3) is 0.632. The molecular formula is C19H28N4O2. The minimum Gasteiger partial charge on any atom is -0.342 e. The molecule has 136 valence electrons. The van der Waals surface area contributed by atoms with Gasteiger partial charge in [-0.05, 0) is 51.2 Å². The molecule has 25 heavy (non-hydrogen) atoms. The Hall–Kier alpha value is -1.95. The highest BCUT2D eigenvalue weighted by Gasteiger charge is 2.33. The second-order valence-corrected chi connectivity index (χ2v) is 7.40. The molecule has 6 heteroatoms. The smallest absolute Gasteiger partial charge is 0.230 e. The number of carbonyl (C=O) groups excluding carboxylic acids is 2. The maximum Gasteiger partial charge on any atom is 0.230 e. The summed E-state index contributed by atoms with van der Waals surface area (Å²) in [7, 11) is 0. The van der Waals surface area contributed by atoms with Gasteiger partial charge in [-0.15, -0.1) is 0 Å². The normalized spacial score (nSPS) is 27.0. The van der Waals surface area contributed by atoms with Gasteiger partial charge in [-0.25, -0.2) is 4.98 Å².